The van der Waals surface area contributed by atoms with Crippen molar-refractivity contribution in [2.75, 3.05) is 7.11 Å². The van der Waals surface area contributed by atoms with Crippen molar-refractivity contribution in [3.8, 4) is 0 Å². The highest BCUT2D eigenvalue weighted by Gasteiger charge is 2.39. The fourth-order valence-electron chi connectivity index (χ4n) is 3.51. The van der Waals surface area contributed by atoms with Crippen molar-refractivity contribution in [1.82, 2.24) is 0 Å². The minimum absolute atomic E-state index is 0.0309. The number of hydrogen-bond acceptors (Lipinski definition) is 2. The van der Waals surface area contributed by atoms with Gasteiger partial charge in [0.2, 0.25) is 0 Å². The summed E-state index contributed by atoms with van der Waals surface area (Å²) in [7, 11) is 1.50. The summed E-state index contributed by atoms with van der Waals surface area (Å²) in [6.07, 6.45) is 11.2. The quantitative estimate of drug-likeness (QED) is 0.525. The number of carbonyl (C=O) groups excluding carboxylic acids is 1. The minimum atomic E-state index is -0.0309. The zero-order valence-electron chi connectivity index (χ0n) is 12.6. The van der Waals surface area contributed by atoms with Crippen molar-refractivity contribution in [2.24, 2.45) is 23.2 Å². The summed E-state index contributed by atoms with van der Waals surface area (Å²) in [5.74, 6) is 1.13. The Kier molecular flexibility index (Phi) is 4.17. The molecule has 0 aromatic heterocycles. The number of esters is 1. The van der Waals surface area contributed by atoms with Gasteiger partial charge in [-0.05, 0) is 42.9 Å². The SMILES string of the molecule is COC(=O)C1C[C@H]2C=CCC/C(=C\C(C)(C)C)[C@H]2C1. The van der Waals surface area contributed by atoms with Crippen LogP contribution in [0.5, 0.6) is 0 Å². The van der Waals surface area contributed by atoms with Crippen LogP contribution < -0.4 is 0 Å². The number of allylic oxidation sites excluding steroid dienone is 4. The van der Waals surface area contributed by atoms with Gasteiger partial charge in [0, 0.05) is 0 Å². The van der Waals surface area contributed by atoms with E-state index in [9.17, 15) is 4.79 Å². The molecule has 1 fully saturated rings. The first-order valence-electron chi connectivity index (χ1n) is 7.37. The van der Waals surface area contributed by atoms with E-state index in [1.807, 2.05) is 0 Å². The predicted octanol–water partition coefficient (Wildman–Crippen LogP) is 4.12. The van der Waals surface area contributed by atoms with Gasteiger partial charge in [-0.3, -0.25) is 4.79 Å². The molecule has 1 saturated carbocycles. The van der Waals surface area contributed by atoms with Crippen LogP contribution >= 0.6 is 0 Å². The second kappa shape index (κ2) is 5.52. The molecule has 0 N–H and O–H groups in total. The van der Waals surface area contributed by atoms with Crippen LogP contribution in [0.3, 0.4) is 0 Å². The molecule has 2 aliphatic carbocycles. The van der Waals surface area contributed by atoms with Gasteiger partial charge in [0.1, 0.15) is 0 Å². The molecule has 0 radical (unpaired) electrons. The predicted molar refractivity (Wildman–Crippen MR) is 77.6 cm³/mol. The van der Waals surface area contributed by atoms with Crippen LogP contribution in [0.2, 0.25) is 0 Å². The molecule has 0 amide bonds. The van der Waals surface area contributed by atoms with Crippen LogP contribution in [0.1, 0.15) is 46.5 Å². The van der Waals surface area contributed by atoms with Crippen LogP contribution in [0.4, 0.5) is 0 Å². The maximum atomic E-state index is 11.8. The van der Waals surface area contributed by atoms with Gasteiger partial charge >= 0.3 is 5.97 Å². The molecule has 3 atom stereocenters. The molecule has 2 heteroatoms. The lowest BCUT2D eigenvalue weighted by molar-refractivity contribution is -0.145. The number of carbonyl (C=O) groups is 1. The second-order valence-electron chi connectivity index (χ2n) is 7.01. The average molecular weight is 262 g/mol. The van der Waals surface area contributed by atoms with Crippen molar-refractivity contribution in [1.29, 1.82) is 0 Å². The van der Waals surface area contributed by atoms with Crippen LogP contribution in [0.25, 0.3) is 0 Å². The van der Waals surface area contributed by atoms with Gasteiger partial charge in [0.15, 0.2) is 0 Å². The molecule has 0 heterocycles. The highest BCUT2D eigenvalue weighted by atomic mass is 16.5. The van der Waals surface area contributed by atoms with Crippen LogP contribution in [0.15, 0.2) is 23.8 Å². The smallest absolute Gasteiger partial charge is 0.308 e. The van der Waals surface area contributed by atoms with E-state index in [4.69, 9.17) is 4.74 Å². The number of ether oxygens (including phenoxy) is 1. The van der Waals surface area contributed by atoms with Gasteiger partial charge < -0.3 is 4.74 Å². The lowest BCUT2D eigenvalue weighted by Crippen LogP contribution is -2.14. The molecule has 2 nitrogen and oxygen atoms in total. The third-order valence-corrected chi connectivity index (χ3v) is 4.22. The molecule has 2 aliphatic rings. The molecule has 0 bridgehead atoms. The fraction of sp³-hybridized carbons (Fsp3) is 0.706. The van der Waals surface area contributed by atoms with E-state index in [-0.39, 0.29) is 17.3 Å². The van der Waals surface area contributed by atoms with Gasteiger partial charge in [0.25, 0.3) is 0 Å². The monoisotopic (exact) mass is 262 g/mol. The van der Waals surface area contributed by atoms with E-state index in [2.05, 4.69) is 39.0 Å². The van der Waals surface area contributed by atoms with Crippen LogP contribution in [0, 0.1) is 23.2 Å². The summed E-state index contributed by atoms with van der Waals surface area (Å²) in [5, 5.41) is 0. The summed E-state index contributed by atoms with van der Waals surface area (Å²) in [6.45, 7) is 6.75. The molecular formula is C17H26O2. The van der Waals surface area contributed by atoms with E-state index in [0.29, 0.717) is 11.8 Å². The van der Waals surface area contributed by atoms with Crippen molar-refractivity contribution >= 4 is 5.97 Å². The largest absolute Gasteiger partial charge is 0.469 e. The Morgan fingerprint density at radius 1 is 1.37 bits per heavy atom. The molecule has 0 saturated heterocycles. The molecule has 1 unspecified atom stereocenters. The van der Waals surface area contributed by atoms with E-state index >= 15 is 0 Å². The third kappa shape index (κ3) is 3.49. The van der Waals surface area contributed by atoms with E-state index < -0.39 is 0 Å². The Morgan fingerprint density at radius 3 is 2.74 bits per heavy atom. The Labute approximate surface area is 116 Å². The number of fused-ring (bicyclic) bond motifs is 1. The topological polar surface area (TPSA) is 26.3 Å². The van der Waals surface area contributed by atoms with Crippen molar-refractivity contribution in [3.63, 3.8) is 0 Å². The maximum Gasteiger partial charge on any atom is 0.308 e. The minimum Gasteiger partial charge on any atom is -0.469 e. The molecular weight excluding hydrogens is 236 g/mol. The first-order valence-corrected chi connectivity index (χ1v) is 7.37. The number of hydrogen-bond donors (Lipinski definition) is 0. The third-order valence-electron chi connectivity index (χ3n) is 4.22. The van der Waals surface area contributed by atoms with Crippen molar-refractivity contribution in [2.45, 2.75) is 46.5 Å². The Hall–Kier alpha value is -1.05. The summed E-state index contributed by atoms with van der Waals surface area (Å²) in [6, 6.07) is 0. The highest BCUT2D eigenvalue weighted by molar-refractivity contribution is 5.72. The second-order valence-corrected chi connectivity index (χ2v) is 7.01. The number of rotatable bonds is 1. The van der Waals surface area contributed by atoms with Crippen LogP contribution in [-0.4, -0.2) is 13.1 Å². The maximum absolute atomic E-state index is 11.8. The molecule has 0 aliphatic heterocycles. The fourth-order valence-corrected chi connectivity index (χ4v) is 3.51. The average Bonchev–Trinajstić information content (AvgIpc) is 2.67. The highest BCUT2D eigenvalue weighted by Crippen LogP contribution is 2.45. The molecule has 106 valence electrons. The summed E-state index contributed by atoms with van der Waals surface area (Å²) >= 11 is 0. The Balaban J connectivity index is 2.21. The summed E-state index contributed by atoms with van der Waals surface area (Å²) in [4.78, 5) is 11.8. The lowest BCUT2D eigenvalue weighted by Gasteiger charge is -2.22. The zero-order chi connectivity index (χ0) is 14.0. The van der Waals surface area contributed by atoms with Crippen LogP contribution in [-0.2, 0) is 9.53 Å². The van der Waals surface area contributed by atoms with Gasteiger partial charge in [-0.1, -0.05) is 44.6 Å². The Morgan fingerprint density at radius 2 is 2.11 bits per heavy atom. The molecule has 19 heavy (non-hydrogen) atoms. The molecule has 0 spiro atoms. The van der Waals surface area contributed by atoms with Gasteiger partial charge in [-0.15, -0.1) is 0 Å². The first kappa shape index (κ1) is 14.4. The summed E-state index contributed by atoms with van der Waals surface area (Å²) in [5.41, 5.74) is 1.77. The first-order chi connectivity index (χ1) is 8.90. The lowest BCUT2D eigenvalue weighted by atomic mass is 9.83. The molecule has 0 aromatic carbocycles. The van der Waals surface area contributed by atoms with Gasteiger partial charge in [-0.25, -0.2) is 0 Å². The van der Waals surface area contributed by atoms with Gasteiger partial charge in [-0.2, -0.15) is 0 Å². The summed E-state index contributed by atoms with van der Waals surface area (Å²) < 4.78 is 4.93. The normalized spacial score (nSPS) is 33.1. The number of methoxy groups -OCH3 is 1. The molecule has 0 aromatic rings. The van der Waals surface area contributed by atoms with E-state index in [0.717, 1.165) is 25.7 Å². The Bertz CT molecular complexity index is 398. The van der Waals surface area contributed by atoms with E-state index in [1.54, 1.807) is 5.57 Å². The molecule has 2 rings (SSSR count). The van der Waals surface area contributed by atoms with Gasteiger partial charge in [0.05, 0.1) is 13.0 Å². The van der Waals surface area contributed by atoms with Crippen molar-refractivity contribution in [3.05, 3.63) is 23.8 Å². The zero-order valence-corrected chi connectivity index (χ0v) is 12.6. The van der Waals surface area contributed by atoms with Crippen molar-refractivity contribution < 1.29 is 9.53 Å². The van der Waals surface area contributed by atoms with E-state index in [1.165, 1.54) is 7.11 Å². The standard InChI is InChI=1S/C17H26O2/c1-17(2,3)11-13-8-6-5-7-12-9-14(10-15(12)13)16(18)19-4/h5,7,11-12,14-15H,6,8-10H2,1-4H3/b13-11+/t12-,14?,15+/m1/s1.